The number of rotatable bonds is 7. The fourth-order valence-corrected chi connectivity index (χ4v) is 2.19. The minimum atomic E-state index is -0.939. The summed E-state index contributed by atoms with van der Waals surface area (Å²) in [4.78, 5) is 21.5. The molecule has 0 heterocycles. The lowest BCUT2D eigenvalue weighted by Crippen LogP contribution is -2.38. The van der Waals surface area contributed by atoms with Crippen LogP contribution in [0.25, 0.3) is 0 Å². The summed E-state index contributed by atoms with van der Waals surface area (Å²) in [6.07, 6.45) is 4.98. The lowest BCUT2D eigenvalue weighted by atomic mass is 9.92. The Morgan fingerprint density at radius 3 is 2.78 bits per heavy atom. The summed E-state index contributed by atoms with van der Waals surface area (Å²) in [5, 5.41) is 11.7. The highest BCUT2D eigenvalue weighted by atomic mass is 16.5. The summed E-state index contributed by atoms with van der Waals surface area (Å²) in [6.45, 7) is 4.08. The summed E-state index contributed by atoms with van der Waals surface area (Å²) < 4.78 is 5.85. The van der Waals surface area contributed by atoms with Gasteiger partial charge in [-0.2, -0.15) is 0 Å². The van der Waals surface area contributed by atoms with Gasteiger partial charge in [0.1, 0.15) is 0 Å². The molecule has 1 rings (SSSR count). The van der Waals surface area contributed by atoms with Crippen molar-refractivity contribution in [2.75, 3.05) is 0 Å². The fourth-order valence-electron chi connectivity index (χ4n) is 2.19. The lowest BCUT2D eigenvalue weighted by Gasteiger charge is -2.29. The first-order chi connectivity index (χ1) is 8.60. The van der Waals surface area contributed by atoms with Crippen LogP contribution in [0.1, 0.15) is 39.5 Å². The van der Waals surface area contributed by atoms with Gasteiger partial charge in [-0.05, 0) is 31.8 Å². The Morgan fingerprint density at radius 2 is 2.28 bits per heavy atom. The Balaban J connectivity index is 2.72. The molecule has 102 valence electrons. The van der Waals surface area contributed by atoms with Crippen molar-refractivity contribution in [2.45, 2.75) is 57.8 Å². The highest BCUT2D eigenvalue weighted by Gasteiger charge is 2.27. The molecule has 0 radical (unpaired) electrons. The van der Waals surface area contributed by atoms with Gasteiger partial charge in [-0.3, -0.25) is 4.79 Å². The van der Waals surface area contributed by atoms with Crippen molar-refractivity contribution in [3.63, 3.8) is 0 Å². The van der Waals surface area contributed by atoms with Gasteiger partial charge in [0.05, 0.1) is 12.2 Å². The van der Waals surface area contributed by atoms with Crippen LogP contribution in [0.3, 0.4) is 0 Å². The Labute approximate surface area is 107 Å². The van der Waals surface area contributed by atoms with E-state index in [1.807, 2.05) is 13.8 Å². The number of carbonyl (C=O) groups is 2. The van der Waals surface area contributed by atoms with Crippen LogP contribution in [0.5, 0.6) is 0 Å². The van der Waals surface area contributed by atoms with Gasteiger partial charge in [-0.25, -0.2) is 4.79 Å². The number of nitrogens with one attached hydrogen (secondary N) is 1. The van der Waals surface area contributed by atoms with Gasteiger partial charge in [-0.15, -0.1) is 0 Å². The summed E-state index contributed by atoms with van der Waals surface area (Å²) in [7, 11) is 0. The topological polar surface area (TPSA) is 75.6 Å². The van der Waals surface area contributed by atoms with E-state index in [0.29, 0.717) is 24.8 Å². The van der Waals surface area contributed by atoms with Crippen LogP contribution in [-0.2, 0) is 14.3 Å². The molecule has 1 amide bonds. The SMILES string of the molecule is CCC(CC)OC1C=C(C(=O)O)CC(NC=O)C1. The average molecular weight is 255 g/mol. The Kier molecular flexibility index (Phi) is 5.85. The molecule has 0 aliphatic heterocycles. The van der Waals surface area contributed by atoms with Crippen molar-refractivity contribution in [1.82, 2.24) is 5.32 Å². The van der Waals surface area contributed by atoms with Crippen molar-refractivity contribution in [1.29, 1.82) is 0 Å². The van der Waals surface area contributed by atoms with Crippen LogP contribution in [0.4, 0.5) is 0 Å². The molecule has 0 saturated heterocycles. The normalized spacial score (nSPS) is 23.6. The molecule has 0 aromatic heterocycles. The molecular weight excluding hydrogens is 234 g/mol. The third kappa shape index (κ3) is 4.14. The van der Waals surface area contributed by atoms with Crippen LogP contribution in [0.2, 0.25) is 0 Å². The van der Waals surface area contributed by atoms with E-state index in [1.165, 1.54) is 0 Å². The first kappa shape index (κ1) is 14.7. The van der Waals surface area contributed by atoms with Crippen molar-refractivity contribution >= 4 is 12.4 Å². The van der Waals surface area contributed by atoms with Gasteiger partial charge < -0.3 is 15.2 Å². The molecule has 5 heteroatoms. The van der Waals surface area contributed by atoms with Crippen LogP contribution in [-0.4, -0.2) is 35.7 Å². The summed E-state index contributed by atoms with van der Waals surface area (Å²) in [6, 6.07) is -0.155. The Morgan fingerprint density at radius 1 is 1.61 bits per heavy atom. The van der Waals surface area contributed by atoms with Gasteiger partial charge in [0.15, 0.2) is 0 Å². The standard InChI is InChI=1S/C13H21NO4/c1-3-11(4-2)18-12-6-9(13(16)17)5-10(7-12)14-8-15/h6,8,10-12H,3-5,7H2,1-2H3,(H,14,15)(H,16,17). The van der Waals surface area contributed by atoms with Crippen LogP contribution in [0.15, 0.2) is 11.6 Å². The summed E-state index contributed by atoms with van der Waals surface area (Å²) in [5.41, 5.74) is 0.316. The number of carbonyl (C=O) groups excluding carboxylic acids is 1. The predicted molar refractivity (Wildman–Crippen MR) is 67.2 cm³/mol. The minimum absolute atomic E-state index is 0.135. The first-order valence-corrected chi connectivity index (χ1v) is 6.39. The maximum absolute atomic E-state index is 11.0. The molecule has 0 aromatic carbocycles. The Hall–Kier alpha value is -1.36. The van der Waals surface area contributed by atoms with E-state index < -0.39 is 5.97 Å². The number of amides is 1. The highest BCUT2D eigenvalue weighted by molar-refractivity contribution is 5.87. The monoisotopic (exact) mass is 255 g/mol. The van der Waals surface area contributed by atoms with Crippen molar-refractivity contribution in [3.8, 4) is 0 Å². The molecule has 0 aromatic rings. The third-order valence-electron chi connectivity index (χ3n) is 3.23. The molecule has 5 nitrogen and oxygen atoms in total. The van der Waals surface area contributed by atoms with Gasteiger partial charge >= 0.3 is 5.97 Å². The molecule has 0 bridgehead atoms. The molecule has 2 unspecified atom stereocenters. The first-order valence-electron chi connectivity index (χ1n) is 6.39. The second-order valence-electron chi connectivity index (χ2n) is 4.53. The van der Waals surface area contributed by atoms with Crippen LogP contribution >= 0.6 is 0 Å². The predicted octanol–water partition coefficient (Wildman–Crippen LogP) is 1.48. The maximum Gasteiger partial charge on any atom is 0.331 e. The number of carboxylic acids is 1. The van der Waals surface area contributed by atoms with Crippen molar-refractivity contribution in [2.24, 2.45) is 0 Å². The molecule has 1 aliphatic carbocycles. The van der Waals surface area contributed by atoms with E-state index in [-0.39, 0.29) is 18.2 Å². The zero-order valence-electron chi connectivity index (χ0n) is 10.9. The van der Waals surface area contributed by atoms with Gasteiger partial charge in [0, 0.05) is 11.6 Å². The minimum Gasteiger partial charge on any atom is -0.478 e. The molecule has 0 saturated carbocycles. The van der Waals surface area contributed by atoms with Crippen LogP contribution < -0.4 is 5.32 Å². The quantitative estimate of drug-likeness (QED) is 0.676. The molecular formula is C13H21NO4. The van der Waals surface area contributed by atoms with E-state index >= 15 is 0 Å². The maximum atomic E-state index is 11.0. The molecule has 2 atom stereocenters. The summed E-state index contributed by atoms with van der Waals surface area (Å²) in [5.74, 6) is -0.939. The largest absolute Gasteiger partial charge is 0.478 e. The molecule has 0 spiro atoms. The fraction of sp³-hybridized carbons (Fsp3) is 0.692. The van der Waals surface area contributed by atoms with Crippen molar-refractivity contribution in [3.05, 3.63) is 11.6 Å². The van der Waals surface area contributed by atoms with E-state index in [0.717, 1.165) is 12.8 Å². The second kappa shape index (κ2) is 7.16. The number of carboxylic acid groups (broad SMARTS) is 1. The smallest absolute Gasteiger partial charge is 0.331 e. The summed E-state index contributed by atoms with van der Waals surface area (Å²) >= 11 is 0. The second-order valence-corrected chi connectivity index (χ2v) is 4.53. The molecule has 0 fully saturated rings. The third-order valence-corrected chi connectivity index (χ3v) is 3.23. The van der Waals surface area contributed by atoms with E-state index in [4.69, 9.17) is 9.84 Å². The van der Waals surface area contributed by atoms with Crippen LogP contribution in [0, 0.1) is 0 Å². The number of hydrogen-bond donors (Lipinski definition) is 2. The number of aliphatic carboxylic acids is 1. The van der Waals surface area contributed by atoms with E-state index in [1.54, 1.807) is 6.08 Å². The highest BCUT2D eigenvalue weighted by Crippen LogP contribution is 2.23. The van der Waals surface area contributed by atoms with E-state index in [2.05, 4.69) is 5.32 Å². The van der Waals surface area contributed by atoms with E-state index in [9.17, 15) is 9.59 Å². The van der Waals surface area contributed by atoms with Crippen molar-refractivity contribution < 1.29 is 19.4 Å². The zero-order valence-corrected chi connectivity index (χ0v) is 10.9. The zero-order chi connectivity index (χ0) is 13.5. The van der Waals surface area contributed by atoms with Gasteiger partial charge in [0.25, 0.3) is 0 Å². The van der Waals surface area contributed by atoms with Gasteiger partial charge in [0.2, 0.25) is 6.41 Å². The van der Waals surface area contributed by atoms with Gasteiger partial charge in [-0.1, -0.05) is 13.8 Å². The number of hydrogen-bond acceptors (Lipinski definition) is 3. The molecule has 1 aliphatic rings. The number of ether oxygens (including phenoxy) is 1. The lowest BCUT2D eigenvalue weighted by molar-refractivity contribution is -0.133. The molecule has 18 heavy (non-hydrogen) atoms. The molecule has 2 N–H and O–H groups in total. The Bertz CT molecular complexity index is 323. The average Bonchev–Trinajstić information content (AvgIpc) is 2.36.